The first-order valence-electron chi connectivity index (χ1n) is 8.46. The molecule has 0 aliphatic rings. The van der Waals surface area contributed by atoms with Crippen LogP contribution in [0.3, 0.4) is 0 Å². The fourth-order valence-electron chi connectivity index (χ4n) is 2.21. The largest absolute Gasteiger partial charge is 0.494 e. The van der Waals surface area contributed by atoms with E-state index in [0.717, 1.165) is 6.42 Å². The fraction of sp³-hybridized carbons (Fsp3) is 0.300. The molecule has 2 aromatic rings. The second kappa shape index (κ2) is 8.99. The quantitative estimate of drug-likeness (QED) is 0.768. The van der Waals surface area contributed by atoms with Gasteiger partial charge in [-0.25, -0.2) is 4.39 Å². The molecule has 0 radical (unpaired) electrons. The van der Waals surface area contributed by atoms with E-state index in [1.165, 1.54) is 25.1 Å². The molecule has 0 aromatic heterocycles. The van der Waals surface area contributed by atoms with Crippen LogP contribution in [0.2, 0.25) is 0 Å². The molecule has 0 heterocycles. The van der Waals surface area contributed by atoms with Crippen LogP contribution < -0.4 is 15.4 Å². The summed E-state index contributed by atoms with van der Waals surface area (Å²) in [5.41, 5.74) is 0.784. The molecule has 0 fully saturated rings. The summed E-state index contributed by atoms with van der Waals surface area (Å²) in [5.74, 6) is -0.0649. The van der Waals surface area contributed by atoms with Gasteiger partial charge < -0.3 is 15.4 Å². The van der Waals surface area contributed by atoms with Gasteiger partial charge >= 0.3 is 0 Å². The molecule has 2 rings (SSSR count). The molecule has 0 saturated carbocycles. The Labute approximate surface area is 152 Å². The van der Waals surface area contributed by atoms with Crippen LogP contribution in [0.5, 0.6) is 5.75 Å². The number of carbonyl (C=O) groups excluding carboxylic acids is 2. The van der Waals surface area contributed by atoms with Crippen molar-refractivity contribution in [1.82, 2.24) is 0 Å². The number of halogens is 1. The highest BCUT2D eigenvalue weighted by Crippen LogP contribution is 2.21. The normalized spacial score (nSPS) is 10.5. The Kier molecular flexibility index (Phi) is 6.72. The van der Waals surface area contributed by atoms with Crippen molar-refractivity contribution in [2.45, 2.75) is 27.2 Å². The Morgan fingerprint density at radius 3 is 2.38 bits per heavy atom. The SMILES string of the molecule is CC(=O)Nc1ccc(F)c(NC(=O)c2ccc(OCCC(C)C)cc2)c1. The van der Waals surface area contributed by atoms with Gasteiger partial charge in [-0.05, 0) is 54.8 Å². The lowest BCUT2D eigenvalue weighted by Crippen LogP contribution is -2.14. The fourth-order valence-corrected chi connectivity index (χ4v) is 2.21. The van der Waals surface area contributed by atoms with Crippen molar-refractivity contribution < 1.29 is 18.7 Å². The third-order valence-corrected chi connectivity index (χ3v) is 3.62. The molecule has 2 aromatic carbocycles. The molecule has 0 spiro atoms. The summed E-state index contributed by atoms with van der Waals surface area (Å²) in [7, 11) is 0. The van der Waals surface area contributed by atoms with Crippen LogP contribution in [0.1, 0.15) is 37.6 Å². The number of nitrogens with one attached hydrogen (secondary N) is 2. The van der Waals surface area contributed by atoms with Crippen LogP contribution in [0.4, 0.5) is 15.8 Å². The average molecular weight is 358 g/mol. The number of ether oxygens (including phenoxy) is 1. The zero-order valence-electron chi connectivity index (χ0n) is 15.1. The molecule has 0 bridgehead atoms. The lowest BCUT2D eigenvalue weighted by Gasteiger charge is -2.10. The maximum absolute atomic E-state index is 13.9. The minimum atomic E-state index is -0.582. The minimum absolute atomic E-state index is 0.00138. The van der Waals surface area contributed by atoms with Crippen LogP contribution in [-0.4, -0.2) is 18.4 Å². The molecule has 26 heavy (non-hydrogen) atoms. The summed E-state index contributed by atoms with van der Waals surface area (Å²) in [5, 5.41) is 5.06. The molecule has 2 amide bonds. The van der Waals surface area contributed by atoms with Crippen LogP contribution in [0, 0.1) is 11.7 Å². The molecule has 0 unspecified atom stereocenters. The van der Waals surface area contributed by atoms with Crippen molar-refractivity contribution in [2.75, 3.05) is 17.2 Å². The number of rotatable bonds is 7. The molecule has 0 aliphatic carbocycles. The zero-order chi connectivity index (χ0) is 19.1. The van der Waals surface area contributed by atoms with Crippen LogP contribution >= 0.6 is 0 Å². The first-order chi connectivity index (χ1) is 12.3. The molecule has 0 atom stereocenters. The number of carbonyl (C=O) groups is 2. The van der Waals surface area contributed by atoms with Gasteiger partial charge in [-0.15, -0.1) is 0 Å². The van der Waals surface area contributed by atoms with Gasteiger partial charge in [0.15, 0.2) is 0 Å². The molecule has 0 saturated heterocycles. The van der Waals surface area contributed by atoms with Gasteiger partial charge in [-0.2, -0.15) is 0 Å². The Morgan fingerprint density at radius 1 is 1.08 bits per heavy atom. The number of hydrogen-bond donors (Lipinski definition) is 2. The van der Waals surface area contributed by atoms with Crippen LogP contribution in [0.15, 0.2) is 42.5 Å². The second-order valence-electron chi connectivity index (χ2n) is 6.39. The molecule has 138 valence electrons. The Bertz CT molecular complexity index is 773. The predicted octanol–water partition coefficient (Wildman–Crippen LogP) is 4.46. The molecule has 5 nitrogen and oxygen atoms in total. The van der Waals surface area contributed by atoms with Gasteiger partial charge in [-0.3, -0.25) is 9.59 Å². The number of benzene rings is 2. The molecule has 6 heteroatoms. The topological polar surface area (TPSA) is 67.4 Å². The standard InChI is InChI=1S/C20H23FN2O3/c1-13(2)10-11-26-17-7-4-15(5-8-17)20(25)23-19-12-16(22-14(3)24)6-9-18(19)21/h4-9,12-13H,10-11H2,1-3H3,(H,22,24)(H,23,25). The maximum Gasteiger partial charge on any atom is 0.255 e. The van der Waals surface area contributed by atoms with E-state index >= 15 is 0 Å². The van der Waals surface area contributed by atoms with Gasteiger partial charge in [0.25, 0.3) is 5.91 Å². The molecular formula is C20H23FN2O3. The van der Waals surface area contributed by atoms with Crippen molar-refractivity contribution in [3.8, 4) is 5.75 Å². The third kappa shape index (κ3) is 5.88. The smallest absolute Gasteiger partial charge is 0.255 e. The number of amides is 2. The first kappa shape index (κ1) is 19.4. The Balaban J connectivity index is 2.02. The van der Waals surface area contributed by atoms with Crippen LogP contribution in [0.25, 0.3) is 0 Å². The second-order valence-corrected chi connectivity index (χ2v) is 6.39. The highest BCUT2D eigenvalue weighted by Gasteiger charge is 2.11. The van der Waals surface area contributed by atoms with Crippen molar-refractivity contribution in [3.63, 3.8) is 0 Å². The van der Waals surface area contributed by atoms with Crippen molar-refractivity contribution in [3.05, 3.63) is 53.8 Å². The molecule has 0 aliphatic heterocycles. The summed E-state index contributed by atoms with van der Waals surface area (Å²) < 4.78 is 19.5. The van der Waals surface area contributed by atoms with E-state index in [2.05, 4.69) is 24.5 Å². The summed E-state index contributed by atoms with van der Waals surface area (Å²) >= 11 is 0. The van der Waals surface area contributed by atoms with E-state index in [0.29, 0.717) is 29.5 Å². The number of hydrogen-bond acceptors (Lipinski definition) is 3. The zero-order valence-corrected chi connectivity index (χ0v) is 15.1. The lowest BCUT2D eigenvalue weighted by atomic mass is 10.1. The van der Waals surface area contributed by atoms with Gasteiger partial charge in [0.1, 0.15) is 11.6 Å². The van der Waals surface area contributed by atoms with Gasteiger partial charge in [-0.1, -0.05) is 13.8 Å². The van der Waals surface area contributed by atoms with Gasteiger partial charge in [0.2, 0.25) is 5.91 Å². The van der Waals surface area contributed by atoms with Crippen LogP contribution in [-0.2, 0) is 4.79 Å². The maximum atomic E-state index is 13.9. The highest BCUT2D eigenvalue weighted by molar-refractivity contribution is 6.04. The van der Waals surface area contributed by atoms with E-state index in [1.807, 2.05) is 0 Å². The van der Waals surface area contributed by atoms with E-state index in [4.69, 9.17) is 4.74 Å². The summed E-state index contributed by atoms with van der Waals surface area (Å²) in [6.07, 6.45) is 0.951. The van der Waals surface area contributed by atoms with Crippen molar-refractivity contribution >= 4 is 23.2 Å². The summed E-state index contributed by atoms with van der Waals surface area (Å²) in [6, 6.07) is 10.6. The summed E-state index contributed by atoms with van der Waals surface area (Å²) in [4.78, 5) is 23.4. The summed E-state index contributed by atoms with van der Waals surface area (Å²) in [6.45, 7) is 6.21. The predicted molar refractivity (Wildman–Crippen MR) is 100 cm³/mol. The molecular weight excluding hydrogens is 335 g/mol. The Morgan fingerprint density at radius 2 is 1.77 bits per heavy atom. The van der Waals surface area contributed by atoms with Crippen molar-refractivity contribution in [2.24, 2.45) is 5.92 Å². The van der Waals surface area contributed by atoms with Gasteiger partial charge in [0.05, 0.1) is 12.3 Å². The van der Waals surface area contributed by atoms with E-state index in [1.54, 1.807) is 24.3 Å². The third-order valence-electron chi connectivity index (χ3n) is 3.62. The highest BCUT2D eigenvalue weighted by atomic mass is 19.1. The van der Waals surface area contributed by atoms with Gasteiger partial charge in [0, 0.05) is 18.2 Å². The van der Waals surface area contributed by atoms with E-state index < -0.39 is 11.7 Å². The van der Waals surface area contributed by atoms with E-state index in [9.17, 15) is 14.0 Å². The first-order valence-corrected chi connectivity index (χ1v) is 8.46. The number of anilines is 2. The van der Waals surface area contributed by atoms with Crippen molar-refractivity contribution in [1.29, 1.82) is 0 Å². The van der Waals surface area contributed by atoms with E-state index in [-0.39, 0.29) is 11.6 Å². The average Bonchev–Trinajstić information content (AvgIpc) is 2.57. The lowest BCUT2D eigenvalue weighted by molar-refractivity contribution is -0.114. The monoisotopic (exact) mass is 358 g/mol. The minimum Gasteiger partial charge on any atom is -0.494 e. The molecule has 2 N–H and O–H groups in total. The Hall–Kier alpha value is -2.89.